The van der Waals surface area contributed by atoms with Crippen molar-refractivity contribution in [1.82, 2.24) is 10.3 Å². The fraction of sp³-hybridized carbons (Fsp3) is 0.250. The summed E-state index contributed by atoms with van der Waals surface area (Å²) >= 11 is 0. The SMILES string of the molecule is CN(Cc1ccc(C(=O)NCC(F)(F)F)cc1)c1ncccc1[N+](=O)[O-]. The van der Waals surface area contributed by atoms with Gasteiger partial charge in [0.25, 0.3) is 5.91 Å². The zero-order valence-electron chi connectivity index (χ0n) is 13.7. The van der Waals surface area contributed by atoms with E-state index in [1.165, 1.54) is 30.5 Å². The average Bonchev–Trinajstić information content (AvgIpc) is 2.59. The third kappa shape index (κ3) is 5.16. The van der Waals surface area contributed by atoms with Crippen molar-refractivity contribution in [2.24, 2.45) is 0 Å². The maximum Gasteiger partial charge on any atom is 0.405 e. The number of carbonyl (C=O) groups is 1. The summed E-state index contributed by atoms with van der Waals surface area (Å²) in [5, 5.41) is 12.8. The zero-order chi connectivity index (χ0) is 19.3. The van der Waals surface area contributed by atoms with Crippen molar-refractivity contribution < 1.29 is 22.9 Å². The molecule has 1 aromatic carbocycles. The van der Waals surface area contributed by atoms with E-state index in [0.29, 0.717) is 5.56 Å². The Kier molecular flexibility index (Phi) is 5.75. The summed E-state index contributed by atoms with van der Waals surface area (Å²) in [7, 11) is 1.62. The smallest absolute Gasteiger partial charge is 0.350 e. The van der Waals surface area contributed by atoms with Gasteiger partial charge in [0.1, 0.15) is 6.54 Å². The van der Waals surface area contributed by atoms with Gasteiger partial charge >= 0.3 is 11.9 Å². The van der Waals surface area contributed by atoms with Crippen LogP contribution in [0.4, 0.5) is 24.7 Å². The molecule has 0 atom stereocenters. The number of nitrogens with zero attached hydrogens (tertiary/aromatic N) is 3. The fourth-order valence-electron chi connectivity index (χ4n) is 2.22. The summed E-state index contributed by atoms with van der Waals surface area (Å²) in [6.07, 6.45) is -3.04. The first-order valence-corrected chi connectivity index (χ1v) is 7.42. The highest BCUT2D eigenvalue weighted by Gasteiger charge is 2.27. The molecule has 0 aliphatic rings. The van der Waals surface area contributed by atoms with E-state index in [9.17, 15) is 28.1 Å². The third-order valence-corrected chi connectivity index (χ3v) is 3.41. The number of halogens is 3. The van der Waals surface area contributed by atoms with Crippen LogP contribution in [0.1, 0.15) is 15.9 Å². The van der Waals surface area contributed by atoms with Gasteiger partial charge in [0, 0.05) is 31.4 Å². The predicted molar refractivity (Wildman–Crippen MR) is 87.8 cm³/mol. The number of nitrogens with one attached hydrogen (secondary N) is 1. The topological polar surface area (TPSA) is 88.4 Å². The lowest BCUT2D eigenvalue weighted by molar-refractivity contribution is -0.384. The lowest BCUT2D eigenvalue weighted by Crippen LogP contribution is -2.33. The molecule has 1 N–H and O–H groups in total. The van der Waals surface area contributed by atoms with Gasteiger partial charge in [-0.3, -0.25) is 14.9 Å². The van der Waals surface area contributed by atoms with Gasteiger partial charge in [0.15, 0.2) is 0 Å². The average molecular weight is 368 g/mol. The van der Waals surface area contributed by atoms with Gasteiger partial charge in [0.05, 0.1) is 4.92 Å². The van der Waals surface area contributed by atoms with Crippen molar-refractivity contribution in [2.45, 2.75) is 12.7 Å². The first kappa shape index (κ1) is 19.2. The second kappa shape index (κ2) is 7.81. The fourth-order valence-corrected chi connectivity index (χ4v) is 2.22. The van der Waals surface area contributed by atoms with Crippen LogP contribution in [0.25, 0.3) is 0 Å². The molecule has 0 bridgehead atoms. The Bertz CT molecular complexity index is 794. The van der Waals surface area contributed by atoms with Crippen molar-refractivity contribution in [1.29, 1.82) is 0 Å². The molecule has 1 aromatic heterocycles. The van der Waals surface area contributed by atoms with E-state index in [4.69, 9.17) is 0 Å². The highest BCUT2D eigenvalue weighted by Crippen LogP contribution is 2.25. The maximum absolute atomic E-state index is 12.1. The normalized spacial score (nSPS) is 11.1. The van der Waals surface area contributed by atoms with Crippen molar-refractivity contribution in [3.63, 3.8) is 0 Å². The number of alkyl halides is 3. The molecule has 0 aliphatic heterocycles. The minimum Gasteiger partial charge on any atom is -0.350 e. The van der Waals surface area contributed by atoms with E-state index >= 15 is 0 Å². The molecule has 1 amide bonds. The number of rotatable bonds is 6. The van der Waals surface area contributed by atoms with Gasteiger partial charge in [-0.05, 0) is 23.8 Å². The van der Waals surface area contributed by atoms with Crippen LogP contribution in [0.5, 0.6) is 0 Å². The first-order chi connectivity index (χ1) is 12.2. The summed E-state index contributed by atoms with van der Waals surface area (Å²) < 4.78 is 36.3. The second-order valence-electron chi connectivity index (χ2n) is 5.45. The Morgan fingerprint density at radius 3 is 2.50 bits per heavy atom. The number of anilines is 1. The van der Waals surface area contributed by atoms with E-state index < -0.39 is 23.6 Å². The van der Waals surface area contributed by atoms with Crippen LogP contribution in [0, 0.1) is 10.1 Å². The van der Waals surface area contributed by atoms with Crippen molar-refractivity contribution in [3.8, 4) is 0 Å². The van der Waals surface area contributed by atoms with E-state index in [1.54, 1.807) is 29.4 Å². The number of aromatic nitrogens is 1. The maximum atomic E-state index is 12.1. The second-order valence-corrected chi connectivity index (χ2v) is 5.45. The lowest BCUT2D eigenvalue weighted by Gasteiger charge is -2.18. The third-order valence-electron chi connectivity index (χ3n) is 3.41. The quantitative estimate of drug-likeness (QED) is 0.626. The summed E-state index contributed by atoms with van der Waals surface area (Å²) in [5.41, 5.74) is 0.655. The van der Waals surface area contributed by atoms with Crippen LogP contribution in [-0.2, 0) is 6.54 Å². The Morgan fingerprint density at radius 1 is 1.27 bits per heavy atom. The summed E-state index contributed by atoms with van der Waals surface area (Å²) in [6, 6.07) is 8.71. The van der Waals surface area contributed by atoms with E-state index in [1.807, 2.05) is 0 Å². The van der Waals surface area contributed by atoms with Gasteiger partial charge in [-0.25, -0.2) is 4.98 Å². The van der Waals surface area contributed by atoms with Crippen molar-refractivity contribution in [3.05, 3.63) is 63.8 Å². The van der Waals surface area contributed by atoms with Gasteiger partial charge in [0.2, 0.25) is 5.82 Å². The van der Waals surface area contributed by atoms with Crippen LogP contribution in [-0.4, -0.2) is 35.6 Å². The number of amides is 1. The summed E-state index contributed by atoms with van der Waals surface area (Å²) in [6.45, 7) is -1.14. The molecule has 0 saturated carbocycles. The number of hydrogen-bond acceptors (Lipinski definition) is 5. The molecule has 0 unspecified atom stereocenters. The van der Waals surface area contributed by atoms with Crippen molar-refractivity contribution >= 4 is 17.4 Å². The molecule has 2 rings (SSSR count). The summed E-state index contributed by atoms with van der Waals surface area (Å²) in [5.74, 6) is -0.646. The molecule has 0 fully saturated rings. The molecule has 26 heavy (non-hydrogen) atoms. The summed E-state index contributed by atoms with van der Waals surface area (Å²) in [4.78, 5) is 27.7. The molecular weight excluding hydrogens is 353 g/mol. The first-order valence-electron chi connectivity index (χ1n) is 7.42. The van der Waals surface area contributed by atoms with Gasteiger partial charge in [-0.2, -0.15) is 13.2 Å². The highest BCUT2D eigenvalue weighted by molar-refractivity contribution is 5.94. The molecule has 1 heterocycles. The van der Waals surface area contributed by atoms with E-state index in [0.717, 1.165) is 0 Å². The lowest BCUT2D eigenvalue weighted by atomic mass is 10.1. The highest BCUT2D eigenvalue weighted by atomic mass is 19.4. The number of hydrogen-bond donors (Lipinski definition) is 1. The standard InChI is InChI=1S/C16H15F3N4O3/c1-22(14-13(23(25)26)3-2-8-20-14)9-11-4-6-12(7-5-11)15(24)21-10-16(17,18)19/h2-8H,9-10H2,1H3,(H,21,24). The predicted octanol–water partition coefficient (Wildman–Crippen LogP) is 2.92. The van der Waals surface area contributed by atoms with E-state index in [2.05, 4.69) is 4.98 Å². The monoisotopic (exact) mass is 368 g/mol. The minimum atomic E-state index is -4.48. The molecule has 0 radical (unpaired) electrons. The Balaban J connectivity index is 2.05. The molecule has 0 spiro atoms. The number of benzene rings is 1. The molecule has 2 aromatic rings. The van der Waals surface area contributed by atoms with Crippen LogP contribution >= 0.6 is 0 Å². The number of pyridine rings is 1. The molecule has 10 heteroatoms. The Labute approximate surface area is 146 Å². The number of nitro groups is 1. The molecular formula is C16H15F3N4O3. The van der Waals surface area contributed by atoms with Crippen LogP contribution < -0.4 is 10.2 Å². The Hall–Kier alpha value is -3.17. The molecule has 7 nitrogen and oxygen atoms in total. The van der Waals surface area contributed by atoms with Gasteiger partial charge in [-0.1, -0.05) is 12.1 Å². The van der Waals surface area contributed by atoms with Gasteiger partial charge in [-0.15, -0.1) is 0 Å². The molecule has 0 aliphatic carbocycles. The largest absolute Gasteiger partial charge is 0.405 e. The zero-order valence-corrected chi connectivity index (χ0v) is 13.7. The minimum absolute atomic E-state index is 0.0875. The van der Waals surface area contributed by atoms with Crippen LogP contribution in [0.3, 0.4) is 0 Å². The molecule has 0 saturated heterocycles. The van der Waals surface area contributed by atoms with E-state index in [-0.39, 0.29) is 23.6 Å². The van der Waals surface area contributed by atoms with Crippen LogP contribution in [0.2, 0.25) is 0 Å². The van der Waals surface area contributed by atoms with Gasteiger partial charge < -0.3 is 10.2 Å². The Morgan fingerprint density at radius 2 is 1.92 bits per heavy atom. The van der Waals surface area contributed by atoms with Crippen LogP contribution in [0.15, 0.2) is 42.6 Å². The number of carbonyl (C=O) groups excluding carboxylic acids is 1. The molecule has 138 valence electrons. The van der Waals surface area contributed by atoms with Crippen molar-refractivity contribution in [2.75, 3.05) is 18.5 Å².